The van der Waals surface area contributed by atoms with Crippen LogP contribution in [-0.2, 0) is 9.59 Å². The second kappa shape index (κ2) is 8.85. The minimum atomic E-state index is -4.84. The van der Waals surface area contributed by atoms with E-state index in [9.17, 15) is 27.6 Å². The van der Waals surface area contributed by atoms with Crippen LogP contribution in [0.2, 0.25) is 0 Å². The van der Waals surface area contributed by atoms with Crippen molar-refractivity contribution in [1.29, 1.82) is 0 Å². The van der Waals surface area contributed by atoms with Crippen molar-refractivity contribution in [2.45, 2.75) is 19.2 Å². The van der Waals surface area contributed by atoms with Crippen molar-refractivity contribution in [2.24, 2.45) is 0 Å². The quantitative estimate of drug-likeness (QED) is 0.751. The smallest absolute Gasteiger partial charge is 0.406 e. The molecule has 0 unspecified atom stereocenters. The summed E-state index contributed by atoms with van der Waals surface area (Å²) in [6.45, 7) is 0.259. The van der Waals surface area contributed by atoms with E-state index in [1.807, 2.05) is 0 Å². The second-order valence-electron chi connectivity index (χ2n) is 6.50. The fourth-order valence-electron chi connectivity index (χ4n) is 2.95. The zero-order chi connectivity index (χ0) is 21.7. The Hall–Kier alpha value is -3.56. The van der Waals surface area contributed by atoms with Crippen LogP contribution in [0.4, 0.5) is 24.5 Å². The van der Waals surface area contributed by atoms with Crippen LogP contribution < -0.4 is 20.3 Å². The molecule has 2 N–H and O–H groups in total. The summed E-state index contributed by atoms with van der Waals surface area (Å²) in [5.41, 5.74) is 1.10. The Kier molecular flexibility index (Phi) is 6.24. The summed E-state index contributed by atoms with van der Waals surface area (Å²) < 4.78 is 40.6. The lowest BCUT2D eigenvalue weighted by molar-refractivity contribution is -0.274. The standard InChI is InChI=1S/C20H18F3N3O4/c21-20(22,23)30-16-4-1-3-14(11-16)25-17(27)12-24-19(29)13-6-8-15(9-7-13)26-10-2-5-18(26)28/h1,3-4,6-9,11H,2,5,10,12H2,(H,24,29)(H,25,27). The number of hydrogen-bond donors (Lipinski definition) is 2. The number of hydrogen-bond acceptors (Lipinski definition) is 4. The van der Waals surface area contributed by atoms with Crippen LogP contribution in [0, 0.1) is 0 Å². The number of amides is 3. The molecule has 2 aromatic carbocycles. The van der Waals surface area contributed by atoms with Crippen LogP contribution in [0.3, 0.4) is 0 Å². The van der Waals surface area contributed by atoms with Crippen molar-refractivity contribution in [3.8, 4) is 5.75 Å². The fourth-order valence-corrected chi connectivity index (χ4v) is 2.95. The fraction of sp³-hybridized carbons (Fsp3) is 0.250. The predicted molar refractivity (Wildman–Crippen MR) is 102 cm³/mol. The number of rotatable bonds is 6. The molecule has 0 saturated carbocycles. The van der Waals surface area contributed by atoms with Crippen LogP contribution in [0.5, 0.6) is 5.75 Å². The molecule has 2 aromatic rings. The lowest BCUT2D eigenvalue weighted by Crippen LogP contribution is -2.33. The second-order valence-corrected chi connectivity index (χ2v) is 6.50. The van der Waals surface area contributed by atoms with Gasteiger partial charge in [-0.1, -0.05) is 6.07 Å². The first kappa shape index (κ1) is 21.2. The van der Waals surface area contributed by atoms with E-state index in [1.165, 1.54) is 12.1 Å². The molecule has 1 aliphatic heterocycles. The molecule has 30 heavy (non-hydrogen) atoms. The molecule has 0 bridgehead atoms. The molecule has 1 aliphatic rings. The molecule has 1 saturated heterocycles. The van der Waals surface area contributed by atoms with Crippen molar-refractivity contribution in [3.05, 3.63) is 54.1 Å². The Bertz CT molecular complexity index is 945. The number of ether oxygens (including phenoxy) is 1. The van der Waals surface area contributed by atoms with Gasteiger partial charge in [0.05, 0.1) is 6.54 Å². The van der Waals surface area contributed by atoms with Gasteiger partial charge in [0.15, 0.2) is 0 Å². The normalized spacial score (nSPS) is 13.8. The number of anilines is 2. The summed E-state index contributed by atoms with van der Waals surface area (Å²) in [5.74, 6) is -1.56. The van der Waals surface area contributed by atoms with Gasteiger partial charge in [0.25, 0.3) is 5.91 Å². The lowest BCUT2D eigenvalue weighted by atomic mass is 10.2. The zero-order valence-corrected chi connectivity index (χ0v) is 15.7. The van der Waals surface area contributed by atoms with E-state index >= 15 is 0 Å². The van der Waals surface area contributed by atoms with Gasteiger partial charge in [-0.25, -0.2) is 0 Å². The van der Waals surface area contributed by atoms with Gasteiger partial charge in [-0.2, -0.15) is 0 Å². The number of carbonyl (C=O) groups is 3. The minimum Gasteiger partial charge on any atom is -0.406 e. The topological polar surface area (TPSA) is 87.7 Å². The highest BCUT2D eigenvalue weighted by Gasteiger charge is 2.31. The molecule has 7 nitrogen and oxygen atoms in total. The average Bonchev–Trinajstić information content (AvgIpc) is 3.11. The highest BCUT2D eigenvalue weighted by molar-refractivity contribution is 6.00. The number of benzene rings is 2. The Labute approximate surface area is 169 Å². The number of alkyl halides is 3. The Balaban J connectivity index is 1.51. The molecule has 158 valence electrons. The summed E-state index contributed by atoms with van der Waals surface area (Å²) in [7, 11) is 0. The molecule has 3 rings (SSSR count). The lowest BCUT2D eigenvalue weighted by Gasteiger charge is -2.15. The van der Waals surface area contributed by atoms with E-state index in [2.05, 4.69) is 15.4 Å². The van der Waals surface area contributed by atoms with Crippen LogP contribution in [0.25, 0.3) is 0 Å². The molecule has 0 atom stereocenters. The van der Waals surface area contributed by atoms with Crippen molar-refractivity contribution < 1.29 is 32.3 Å². The maximum atomic E-state index is 12.3. The molecule has 1 fully saturated rings. The largest absolute Gasteiger partial charge is 0.573 e. The summed E-state index contributed by atoms with van der Waals surface area (Å²) in [6.07, 6.45) is -3.54. The third-order valence-corrected chi connectivity index (χ3v) is 4.28. The molecular weight excluding hydrogens is 403 g/mol. The third kappa shape index (κ3) is 5.72. The Morgan fingerprint density at radius 1 is 1.10 bits per heavy atom. The van der Waals surface area contributed by atoms with Gasteiger partial charge in [0.2, 0.25) is 11.8 Å². The van der Waals surface area contributed by atoms with Gasteiger partial charge in [-0.3, -0.25) is 14.4 Å². The molecular formula is C20H18F3N3O4. The monoisotopic (exact) mass is 421 g/mol. The van der Waals surface area contributed by atoms with Gasteiger partial charge in [0.1, 0.15) is 5.75 Å². The van der Waals surface area contributed by atoms with E-state index < -0.39 is 23.9 Å². The van der Waals surface area contributed by atoms with Crippen LogP contribution in [-0.4, -0.2) is 37.2 Å². The van der Waals surface area contributed by atoms with Crippen LogP contribution in [0.15, 0.2) is 48.5 Å². The number of halogens is 3. The van der Waals surface area contributed by atoms with Crippen LogP contribution >= 0.6 is 0 Å². The van der Waals surface area contributed by atoms with Gasteiger partial charge >= 0.3 is 6.36 Å². The molecule has 1 heterocycles. The van der Waals surface area contributed by atoms with Gasteiger partial charge in [-0.15, -0.1) is 13.2 Å². The maximum Gasteiger partial charge on any atom is 0.573 e. The Morgan fingerprint density at radius 2 is 1.83 bits per heavy atom. The maximum absolute atomic E-state index is 12.3. The average molecular weight is 421 g/mol. The molecule has 3 amide bonds. The number of nitrogens with zero attached hydrogens (tertiary/aromatic N) is 1. The van der Waals surface area contributed by atoms with Gasteiger partial charge < -0.3 is 20.3 Å². The van der Waals surface area contributed by atoms with Crippen molar-refractivity contribution in [1.82, 2.24) is 5.32 Å². The van der Waals surface area contributed by atoms with E-state index in [0.717, 1.165) is 18.6 Å². The molecule has 0 aromatic heterocycles. The summed E-state index contributed by atoms with van der Waals surface area (Å²) in [5, 5.41) is 4.81. The Morgan fingerprint density at radius 3 is 2.47 bits per heavy atom. The third-order valence-electron chi connectivity index (χ3n) is 4.28. The van der Waals surface area contributed by atoms with Gasteiger partial charge in [0, 0.05) is 36.0 Å². The van der Waals surface area contributed by atoms with E-state index in [0.29, 0.717) is 24.2 Å². The van der Waals surface area contributed by atoms with Crippen molar-refractivity contribution in [2.75, 3.05) is 23.3 Å². The molecule has 0 radical (unpaired) electrons. The first-order chi connectivity index (χ1) is 14.2. The van der Waals surface area contributed by atoms with E-state index in [-0.39, 0.29) is 18.1 Å². The number of carbonyl (C=O) groups excluding carboxylic acids is 3. The molecule has 10 heteroatoms. The van der Waals surface area contributed by atoms with Crippen molar-refractivity contribution in [3.63, 3.8) is 0 Å². The summed E-state index contributed by atoms with van der Waals surface area (Å²) >= 11 is 0. The summed E-state index contributed by atoms with van der Waals surface area (Å²) in [6, 6.07) is 11.2. The molecule has 0 spiro atoms. The van der Waals surface area contributed by atoms with E-state index in [4.69, 9.17) is 0 Å². The summed E-state index contributed by atoms with van der Waals surface area (Å²) in [4.78, 5) is 37.6. The molecule has 0 aliphatic carbocycles. The number of nitrogens with one attached hydrogen (secondary N) is 2. The minimum absolute atomic E-state index is 0.0357. The van der Waals surface area contributed by atoms with Gasteiger partial charge in [-0.05, 0) is 42.8 Å². The first-order valence-corrected chi connectivity index (χ1v) is 9.05. The zero-order valence-electron chi connectivity index (χ0n) is 15.7. The predicted octanol–water partition coefficient (Wildman–Crippen LogP) is 3.08. The highest BCUT2D eigenvalue weighted by atomic mass is 19.4. The van der Waals surface area contributed by atoms with Crippen molar-refractivity contribution >= 4 is 29.1 Å². The first-order valence-electron chi connectivity index (χ1n) is 9.05. The van der Waals surface area contributed by atoms with E-state index in [1.54, 1.807) is 29.2 Å². The SMILES string of the molecule is O=C(CNC(=O)c1ccc(N2CCCC2=O)cc1)Nc1cccc(OC(F)(F)F)c1. The van der Waals surface area contributed by atoms with Crippen LogP contribution in [0.1, 0.15) is 23.2 Å². The highest BCUT2D eigenvalue weighted by Crippen LogP contribution is 2.25.